The van der Waals surface area contributed by atoms with E-state index in [1.807, 2.05) is 31.2 Å². The number of methoxy groups -OCH3 is 1. The molecular weight excluding hydrogens is 320 g/mol. The minimum Gasteiger partial charge on any atom is -0.465 e. The van der Waals surface area contributed by atoms with E-state index in [0.29, 0.717) is 11.3 Å². The Morgan fingerprint density at radius 2 is 1.68 bits per heavy atom. The monoisotopic (exact) mass is 336 g/mol. The van der Waals surface area contributed by atoms with Crippen molar-refractivity contribution in [1.29, 1.82) is 0 Å². The van der Waals surface area contributed by atoms with Gasteiger partial charge in [0.25, 0.3) is 11.8 Å². The Morgan fingerprint density at radius 3 is 2.28 bits per heavy atom. The molecular formula is C19H16N2O4. The Hall–Kier alpha value is -3.41. The molecule has 6 nitrogen and oxygen atoms in total. The van der Waals surface area contributed by atoms with Gasteiger partial charge in [-0.05, 0) is 42.8 Å². The maximum atomic E-state index is 12.5. The van der Waals surface area contributed by atoms with Crippen LogP contribution < -0.4 is 10.4 Å². The lowest BCUT2D eigenvalue weighted by atomic mass is 10.1. The highest BCUT2D eigenvalue weighted by Gasteiger charge is 2.34. The number of anilines is 1. The van der Waals surface area contributed by atoms with Crippen LogP contribution in [-0.2, 0) is 14.3 Å². The molecule has 2 amide bonds. The predicted octanol–water partition coefficient (Wildman–Crippen LogP) is 2.24. The first kappa shape index (κ1) is 16.4. The number of carbonyl (C=O) groups excluding carboxylic acids is 3. The number of rotatable bonds is 3. The summed E-state index contributed by atoms with van der Waals surface area (Å²) in [5, 5.41) is 1.16. The van der Waals surface area contributed by atoms with Crippen LogP contribution in [0.4, 0.5) is 5.69 Å². The summed E-state index contributed by atoms with van der Waals surface area (Å²) < 4.78 is 4.63. The Bertz CT molecular complexity index is 867. The number of hydrogen-bond acceptors (Lipinski definition) is 4. The number of nitrogens with one attached hydrogen (secondary N) is 1. The van der Waals surface area contributed by atoms with Gasteiger partial charge in [-0.1, -0.05) is 29.8 Å². The number of benzene rings is 2. The van der Waals surface area contributed by atoms with Gasteiger partial charge in [0.1, 0.15) is 5.57 Å². The van der Waals surface area contributed by atoms with Crippen molar-refractivity contribution in [2.45, 2.75) is 6.92 Å². The van der Waals surface area contributed by atoms with Crippen molar-refractivity contribution in [3.8, 4) is 0 Å². The van der Waals surface area contributed by atoms with E-state index in [1.165, 1.54) is 19.2 Å². The van der Waals surface area contributed by atoms with Gasteiger partial charge < -0.3 is 4.74 Å². The Labute approximate surface area is 144 Å². The number of hydrogen-bond donors (Lipinski definition) is 1. The molecule has 3 rings (SSSR count). The normalized spacial score (nSPS) is 15.4. The maximum absolute atomic E-state index is 12.5. The third-order valence-corrected chi connectivity index (χ3v) is 3.83. The molecule has 0 spiro atoms. The van der Waals surface area contributed by atoms with Crippen molar-refractivity contribution < 1.29 is 19.1 Å². The van der Waals surface area contributed by atoms with E-state index in [2.05, 4.69) is 10.2 Å². The molecule has 0 atom stereocenters. The van der Waals surface area contributed by atoms with Crippen LogP contribution >= 0.6 is 0 Å². The molecule has 2 aromatic carbocycles. The van der Waals surface area contributed by atoms with Crippen LogP contribution in [0, 0.1) is 6.92 Å². The highest BCUT2D eigenvalue weighted by atomic mass is 16.5. The Kier molecular flexibility index (Phi) is 4.35. The highest BCUT2D eigenvalue weighted by Crippen LogP contribution is 2.22. The molecule has 0 unspecified atom stereocenters. The average Bonchev–Trinajstić information content (AvgIpc) is 2.91. The molecule has 0 saturated carbocycles. The van der Waals surface area contributed by atoms with Crippen molar-refractivity contribution in [3.63, 3.8) is 0 Å². The van der Waals surface area contributed by atoms with Crippen molar-refractivity contribution in [3.05, 3.63) is 70.8 Å². The van der Waals surface area contributed by atoms with Crippen molar-refractivity contribution >= 4 is 29.5 Å². The van der Waals surface area contributed by atoms with Gasteiger partial charge in [-0.3, -0.25) is 15.0 Å². The SMILES string of the molecule is COC(=O)c1ccc(N2NC(=O)/C(=C\c3ccc(C)cc3)C2=O)cc1. The summed E-state index contributed by atoms with van der Waals surface area (Å²) in [6.45, 7) is 1.96. The van der Waals surface area contributed by atoms with E-state index in [0.717, 1.165) is 16.1 Å². The van der Waals surface area contributed by atoms with Crippen LogP contribution in [0.2, 0.25) is 0 Å². The lowest BCUT2D eigenvalue weighted by molar-refractivity contribution is -0.117. The topological polar surface area (TPSA) is 75.7 Å². The minimum absolute atomic E-state index is 0.0564. The first-order chi connectivity index (χ1) is 12.0. The summed E-state index contributed by atoms with van der Waals surface area (Å²) in [6, 6.07) is 13.7. The van der Waals surface area contributed by atoms with Crippen LogP contribution in [0.25, 0.3) is 6.08 Å². The first-order valence-corrected chi connectivity index (χ1v) is 7.62. The quantitative estimate of drug-likeness (QED) is 0.530. The molecule has 25 heavy (non-hydrogen) atoms. The molecule has 6 heteroatoms. The lowest BCUT2D eigenvalue weighted by Crippen LogP contribution is -2.35. The maximum Gasteiger partial charge on any atom is 0.337 e. The highest BCUT2D eigenvalue weighted by molar-refractivity contribution is 6.31. The summed E-state index contributed by atoms with van der Waals surface area (Å²) in [5.74, 6) is -1.39. The van der Waals surface area contributed by atoms with Gasteiger partial charge in [0, 0.05) is 0 Å². The zero-order valence-corrected chi connectivity index (χ0v) is 13.8. The molecule has 1 aliphatic rings. The largest absolute Gasteiger partial charge is 0.465 e. The van der Waals surface area contributed by atoms with E-state index in [9.17, 15) is 14.4 Å². The van der Waals surface area contributed by atoms with Crippen LogP contribution in [0.3, 0.4) is 0 Å². The molecule has 0 aromatic heterocycles. The first-order valence-electron chi connectivity index (χ1n) is 7.62. The summed E-state index contributed by atoms with van der Waals surface area (Å²) in [6.07, 6.45) is 1.56. The molecule has 2 aromatic rings. The van der Waals surface area contributed by atoms with Crippen LogP contribution in [0.5, 0.6) is 0 Å². The molecule has 0 radical (unpaired) electrons. The standard InChI is InChI=1S/C19H16N2O4/c1-12-3-5-13(6-4-12)11-16-17(22)20-21(18(16)23)15-9-7-14(8-10-15)19(24)25-2/h3-11H,1-2H3,(H,20,22)/b16-11+. The third kappa shape index (κ3) is 3.28. The number of amides is 2. The van der Waals surface area contributed by atoms with Gasteiger partial charge in [-0.15, -0.1) is 0 Å². The minimum atomic E-state index is -0.470. The van der Waals surface area contributed by atoms with Gasteiger partial charge in [0.2, 0.25) is 0 Å². The zero-order valence-electron chi connectivity index (χ0n) is 13.8. The smallest absolute Gasteiger partial charge is 0.337 e. The molecule has 0 bridgehead atoms. The number of hydrazine groups is 1. The van der Waals surface area contributed by atoms with E-state index in [-0.39, 0.29) is 5.57 Å². The van der Waals surface area contributed by atoms with Crippen LogP contribution in [0.1, 0.15) is 21.5 Å². The summed E-state index contributed by atoms with van der Waals surface area (Å²) in [5.41, 5.74) is 5.26. The summed E-state index contributed by atoms with van der Waals surface area (Å²) in [4.78, 5) is 36.2. The van der Waals surface area contributed by atoms with Gasteiger partial charge >= 0.3 is 5.97 Å². The third-order valence-electron chi connectivity index (χ3n) is 3.83. The van der Waals surface area contributed by atoms with Gasteiger partial charge in [0.15, 0.2) is 0 Å². The average molecular weight is 336 g/mol. The van der Waals surface area contributed by atoms with E-state index in [1.54, 1.807) is 18.2 Å². The summed E-state index contributed by atoms with van der Waals surface area (Å²) in [7, 11) is 1.29. The second kappa shape index (κ2) is 6.60. The van der Waals surface area contributed by atoms with Gasteiger partial charge in [0.05, 0.1) is 18.4 Å². The fourth-order valence-corrected chi connectivity index (χ4v) is 2.43. The number of esters is 1. The molecule has 126 valence electrons. The predicted molar refractivity (Wildman–Crippen MR) is 92.6 cm³/mol. The number of carbonyl (C=O) groups is 3. The van der Waals surface area contributed by atoms with Gasteiger partial charge in [-0.25, -0.2) is 9.80 Å². The molecule has 1 N–H and O–H groups in total. The van der Waals surface area contributed by atoms with E-state index in [4.69, 9.17) is 0 Å². The van der Waals surface area contributed by atoms with Gasteiger partial charge in [-0.2, -0.15) is 0 Å². The number of nitrogens with zero attached hydrogens (tertiary/aromatic N) is 1. The number of ether oxygens (including phenoxy) is 1. The molecule has 1 heterocycles. The molecule has 1 saturated heterocycles. The second-order valence-electron chi connectivity index (χ2n) is 5.59. The van der Waals surface area contributed by atoms with Crippen molar-refractivity contribution in [1.82, 2.24) is 5.43 Å². The molecule has 1 fully saturated rings. The van der Waals surface area contributed by atoms with E-state index >= 15 is 0 Å². The van der Waals surface area contributed by atoms with Crippen molar-refractivity contribution in [2.75, 3.05) is 12.1 Å². The van der Waals surface area contributed by atoms with Crippen molar-refractivity contribution in [2.24, 2.45) is 0 Å². The Morgan fingerprint density at radius 1 is 1.04 bits per heavy atom. The Balaban J connectivity index is 1.86. The van der Waals surface area contributed by atoms with E-state index < -0.39 is 17.8 Å². The van der Waals surface area contributed by atoms with Crippen LogP contribution in [0.15, 0.2) is 54.1 Å². The molecule has 0 aliphatic carbocycles. The lowest BCUT2D eigenvalue weighted by Gasteiger charge is -2.14. The number of aryl methyl sites for hydroxylation is 1. The zero-order chi connectivity index (χ0) is 18.0. The van der Waals surface area contributed by atoms with Crippen LogP contribution in [-0.4, -0.2) is 24.9 Å². The fraction of sp³-hybridized carbons (Fsp3) is 0.105. The second-order valence-corrected chi connectivity index (χ2v) is 5.59. The fourth-order valence-electron chi connectivity index (χ4n) is 2.43. The molecule has 1 aliphatic heterocycles. The summed E-state index contributed by atoms with van der Waals surface area (Å²) >= 11 is 0.